The summed E-state index contributed by atoms with van der Waals surface area (Å²) in [6.07, 6.45) is -1.54. The van der Waals surface area contributed by atoms with Crippen molar-refractivity contribution in [3.63, 3.8) is 0 Å². The third-order valence-electron chi connectivity index (χ3n) is 5.28. The Balaban J connectivity index is 0.00000648. The van der Waals surface area contributed by atoms with Gasteiger partial charge in [-0.2, -0.15) is 0 Å². The van der Waals surface area contributed by atoms with Gasteiger partial charge in [0.25, 0.3) is 0 Å². The fourth-order valence-electron chi connectivity index (χ4n) is 3.72. The summed E-state index contributed by atoms with van der Waals surface area (Å²) in [5, 5.41) is 39.9. The van der Waals surface area contributed by atoms with E-state index in [1.165, 1.54) is 34.1 Å². The zero-order valence-electron chi connectivity index (χ0n) is 20.5. The summed E-state index contributed by atoms with van der Waals surface area (Å²) in [5.74, 6) is -0.281. The second kappa shape index (κ2) is 16.1. The van der Waals surface area contributed by atoms with E-state index in [0.717, 1.165) is 5.56 Å². The Labute approximate surface area is 248 Å². The minimum atomic E-state index is -4.65. The van der Waals surface area contributed by atoms with E-state index in [9.17, 15) is 49.1 Å². The molecule has 0 saturated heterocycles. The van der Waals surface area contributed by atoms with Crippen LogP contribution in [0.2, 0.25) is 0 Å². The molecule has 0 aliphatic heterocycles. The Hall–Kier alpha value is -0.301. The molecule has 0 aliphatic rings. The molecule has 12 nitrogen and oxygen atoms in total. The van der Waals surface area contributed by atoms with Gasteiger partial charge in [0, 0.05) is 53.9 Å². The van der Waals surface area contributed by atoms with Crippen LogP contribution in [0, 0.1) is 6.92 Å². The number of aliphatic hydroxyl groups excluding tert-OH is 2. The van der Waals surface area contributed by atoms with Gasteiger partial charge in [-0.15, -0.1) is 0 Å². The minimum absolute atomic E-state index is 0. The van der Waals surface area contributed by atoms with E-state index >= 15 is 0 Å². The summed E-state index contributed by atoms with van der Waals surface area (Å²) < 4.78 is 23.6. The average Bonchev–Trinajstić information content (AvgIpc) is 2.73. The van der Waals surface area contributed by atoms with Gasteiger partial charge in [0.1, 0.15) is 24.1 Å². The van der Waals surface area contributed by atoms with Crippen LogP contribution in [0.15, 0.2) is 36.4 Å². The number of nitrogens with zero attached hydrogens (tertiary/aromatic N) is 2. The van der Waals surface area contributed by atoms with Crippen molar-refractivity contribution in [1.29, 1.82) is 0 Å². The monoisotopic (exact) mass is 613 g/mol. The fourth-order valence-corrected chi connectivity index (χ4v) is 5.26. The van der Waals surface area contributed by atoms with Crippen LogP contribution in [0.25, 0.3) is 0 Å². The molecule has 0 fully saturated rings. The van der Waals surface area contributed by atoms with Crippen LogP contribution >= 0.6 is 15.2 Å². The van der Waals surface area contributed by atoms with E-state index in [-0.39, 0.29) is 89.9 Å². The summed E-state index contributed by atoms with van der Waals surface area (Å²) >= 11 is 0. The topological polar surface area (TPSA) is 202 Å². The van der Waals surface area contributed by atoms with Gasteiger partial charge in [-0.05, 0) is 30.7 Å². The van der Waals surface area contributed by atoms with Crippen molar-refractivity contribution in [3.05, 3.63) is 58.7 Å². The first-order chi connectivity index (χ1) is 16.2. The van der Waals surface area contributed by atoms with Crippen molar-refractivity contribution in [1.82, 2.24) is 9.80 Å². The normalized spacial score (nSPS) is 12.8. The zero-order chi connectivity index (χ0) is 26.4. The maximum absolute atomic E-state index is 11.8. The van der Waals surface area contributed by atoms with Crippen molar-refractivity contribution in [2.24, 2.45) is 0 Å². The molecular formula is C21H32FeN2NaO10P2+. The molecule has 204 valence electrons. The first-order valence-electron chi connectivity index (χ1n) is 10.6. The summed E-state index contributed by atoms with van der Waals surface area (Å²) in [7, 11) is -9.24. The van der Waals surface area contributed by atoms with Crippen LogP contribution in [0.1, 0.15) is 22.3 Å². The van der Waals surface area contributed by atoms with Gasteiger partial charge in [0.15, 0.2) is 0 Å². The Kier molecular flexibility index (Phi) is 16.0. The van der Waals surface area contributed by atoms with E-state index in [0.29, 0.717) is 11.1 Å². The third-order valence-corrected chi connectivity index (χ3v) is 6.78. The molecule has 0 aliphatic carbocycles. The van der Waals surface area contributed by atoms with Crippen LogP contribution in [-0.2, 0) is 45.9 Å². The second-order valence-electron chi connectivity index (χ2n) is 8.46. The number of phenolic OH excluding ortho intramolecular Hbond substituents is 2. The van der Waals surface area contributed by atoms with Crippen LogP contribution < -0.4 is 29.6 Å². The number of aromatic hydroxyl groups is 2. The molecule has 0 radical (unpaired) electrons. The summed E-state index contributed by atoms with van der Waals surface area (Å²) in [5.41, 5.74) is 1.87. The molecule has 37 heavy (non-hydrogen) atoms. The fraction of sp³-hybridized carbons (Fsp3) is 0.429. The Morgan fingerprint density at radius 1 is 0.838 bits per heavy atom. The standard InChI is InChI=1S/C21H32N2O10P2.Fe.Na/c1-15-2-4-20(26)17(6-15)8-22(13-34(28,29)30)10-19(12-25)23(14-35(31,32)33)9-18-7-16(11-24)3-5-21(18)27;;/h2-7,19,24-27H,8-14H2,1H3,(H2,28,29,30)(H2,31,32,33);;/q;;+1. The first-order valence-corrected chi connectivity index (χ1v) is 14.2. The quantitative estimate of drug-likeness (QED) is 0.0900. The number of benzene rings is 2. The predicted octanol–water partition coefficient (Wildman–Crippen LogP) is -2.16. The van der Waals surface area contributed by atoms with E-state index in [4.69, 9.17) is 0 Å². The summed E-state index contributed by atoms with van der Waals surface area (Å²) in [4.78, 5) is 40.9. The molecule has 2 aromatic rings. The molecule has 8 N–H and O–H groups in total. The van der Waals surface area contributed by atoms with E-state index in [1.807, 2.05) is 0 Å². The van der Waals surface area contributed by atoms with Gasteiger partial charge in [0.05, 0.1) is 13.2 Å². The minimum Gasteiger partial charge on any atom is -0.508 e. The average molecular weight is 613 g/mol. The van der Waals surface area contributed by atoms with Crippen molar-refractivity contribution >= 4 is 15.2 Å². The maximum Gasteiger partial charge on any atom is 1.00 e. The van der Waals surface area contributed by atoms with Gasteiger partial charge in [0.2, 0.25) is 0 Å². The predicted molar refractivity (Wildman–Crippen MR) is 128 cm³/mol. The summed E-state index contributed by atoms with van der Waals surface area (Å²) in [6.45, 7) is 0.264. The molecule has 0 amide bonds. The Morgan fingerprint density at radius 2 is 1.38 bits per heavy atom. The molecule has 2 rings (SSSR count). The maximum atomic E-state index is 11.8. The van der Waals surface area contributed by atoms with Crippen molar-refractivity contribution in [2.45, 2.75) is 32.7 Å². The first kappa shape index (κ1) is 36.7. The molecule has 0 spiro atoms. The van der Waals surface area contributed by atoms with E-state index in [1.54, 1.807) is 19.1 Å². The number of phenols is 2. The molecule has 1 unspecified atom stereocenters. The number of hydrogen-bond donors (Lipinski definition) is 8. The van der Waals surface area contributed by atoms with Crippen LogP contribution in [0.5, 0.6) is 11.5 Å². The molecular weight excluding hydrogens is 581 g/mol. The van der Waals surface area contributed by atoms with Crippen LogP contribution in [0.3, 0.4) is 0 Å². The molecule has 0 aromatic heterocycles. The zero-order valence-corrected chi connectivity index (χ0v) is 25.4. The van der Waals surface area contributed by atoms with Crippen LogP contribution in [0.4, 0.5) is 0 Å². The van der Waals surface area contributed by atoms with Crippen molar-refractivity contribution in [2.75, 3.05) is 25.7 Å². The largest absolute Gasteiger partial charge is 1.00 e. The van der Waals surface area contributed by atoms with Crippen molar-refractivity contribution < 1.29 is 95.8 Å². The van der Waals surface area contributed by atoms with Gasteiger partial charge in [-0.3, -0.25) is 18.9 Å². The smallest absolute Gasteiger partial charge is 0.508 e. The van der Waals surface area contributed by atoms with Gasteiger partial charge in [-0.25, -0.2) is 0 Å². The number of aryl methyl sites for hydroxylation is 1. The third kappa shape index (κ3) is 13.1. The second-order valence-corrected chi connectivity index (χ2v) is 11.7. The number of aliphatic hydroxyl groups is 2. The molecule has 0 bridgehead atoms. The Morgan fingerprint density at radius 3 is 1.89 bits per heavy atom. The molecule has 1 atom stereocenters. The van der Waals surface area contributed by atoms with Gasteiger partial charge in [-0.1, -0.05) is 23.8 Å². The molecule has 0 saturated carbocycles. The number of rotatable bonds is 13. The SMILES string of the molecule is Cc1ccc(O)c(CN(CC(CO)N(Cc2cc(CO)ccc2O)CP(=O)(O)O)CP(=O)(O)O)c1.[Fe].[Na+]. The Bertz CT molecular complexity index is 1100. The number of hydrogen-bond acceptors (Lipinski definition) is 8. The van der Waals surface area contributed by atoms with Gasteiger partial charge >= 0.3 is 44.7 Å². The molecule has 16 heteroatoms. The van der Waals surface area contributed by atoms with E-state index in [2.05, 4.69) is 0 Å². The van der Waals surface area contributed by atoms with Gasteiger partial charge < -0.3 is 40.0 Å². The van der Waals surface area contributed by atoms with E-state index < -0.39 is 40.4 Å². The summed E-state index contributed by atoms with van der Waals surface area (Å²) in [6, 6.07) is 7.99. The molecule has 2 aromatic carbocycles. The van der Waals surface area contributed by atoms with Crippen LogP contribution in [-0.4, -0.2) is 81.6 Å². The molecule has 0 heterocycles. The van der Waals surface area contributed by atoms with Crippen molar-refractivity contribution in [3.8, 4) is 11.5 Å².